The van der Waals surface area contributed by atoms with Crippen molar-refractivity contribution in [2.45, 2.75) is 0 Å². The first-order chi connectivity index (χ1) is 12.8. The lowest BCUT2D eigenvalue weighted by Crippen LogP contribution is -1.88. The zero-order chi connectivity index (χ0) is 17.5. The number of hydrogen-bond donors (Lipinski definition) is 1. The number of rotatable bonds is 2. The number of phenols is 1. The topological polar surface area (TPSA) is 72.0 Å². The van der Waals surface area contributed by atoms with E-state index >= 15 is 0 Å². The zero-order valence-electron chi connectivity index (χ0n) is 13.6. The smallest absolute Gasteiger partial charge is 0.262 e. The number of benzene rings is 3. The number of pyridine rings is 1. The van der Waals surface area contributed by atoms with Crippen molar-refractivity contribution in [3.05, 3.63) is 72.9 Å². The summed E-state index contributed by atoms with van der Waals surface area (Å²) in [6.45, 7) is 0. The van der Waals surface area contributed by atoms with Crippen LogP contribution < -0.4 is 0 Å². The Bertz CT molecular complexity index is 1260. The fraction of sp³-hybridized carbons (Fsp3) is 0. The summed E-state index contributed by atoms with van der Waals surface area (Å²) in [4.78, 5) is 8.93. The van der Waals surface area contributed by atoms with E-state index in [1.807, 2.05) is 60.7 Å². The standard InChI is InChI=1S/C21H13N3O2/c25-17-10-9-13-5-1-3-7-15(13)18(17)21-23-20(24-26-21)19-16-8-4-2-6-14(16)11-12-22-19/h1-12,25H. The van der Waals surface area contributed by atoms with Crippen LogP contribution in [0.2, 0.25) is 0 Å². The van der Waals surface area contributed by atoms with Crippen LogP contribution in [0.4, 0.5) is 0 Å². The molecule has 1 N–H and O–H groups in total. The lowest BCUT2D eigenvalue weighted by molar-refractivity contribution is 0.426. The summed E-state index contributed by atoms with van der Waals surface area (Å²) >= 11 is 0. The van der Waals surface area contributed by atoms with Crippen molar-refractivity contribution in [3.63, 3.8) is 0 Å². The molecule has 2 aromatic heterocycles. The van der Waals surface area contributed by atoms with Gasteiger partial charge in [-0.2, -0.15) is 4.98 Å². The summed E-state index contributed by atoms with van der Waals surface area (Å²) in [5.41, 5.74) is 1.18. The minimum atomic E-state index is 0.102. The Morgan fingerprint density at radius 2 is 1.50 bits per heavy atom. The molecule has 0 amide bonds. The average molecular weight is 339 g/mol. The van der Waals surface area contributed by atoms with Gasteiger partial charge in [-0.1, -0.05) is 59.8 Å². The number of hydrogen-bond acceptors (Lipinski definition) is 5. The minimum absolute atomic E-state index is 0.102. The van der Waals surface area contributed by atoms with Crippen LogP contribution in [0, 0.1) is 0 Å². The molecule has 5 rings (SSSR count). The molecule has 5 heteroatoms. The molecule has 0 saturated heterocycles. The Hall–Kier alpha value is -3.73. The number of aromatic hydroxyl groups is 1. The van der Waals surface area contributed by atoms with Crippen LogP contribution >= 0.6 is 0 Å². The van der Waals surface area contributed by atoms with Crippen molar-refractivity contribution in [1.82, 2.24) is 15.1 Å². The zero-order valence-corrected chi connectivity index (χ0v) is 13.6. The summed E-state index contributed by atoms with van der Waals surface area (Å²) in [6.07, 6.45) is 1.73. The molecule has 0 aliphatic heterocycles. The first kappa shape index (κ1) is 14.6. The Labute approximate surface area is 148 Å². The SMILES string of the molecule is Oc1ccc2ccccc2c1-c1nc(-c2nccc3ccccc23)no1. The van der Waals surface area contributed by atoms with E-state index in [4.69, 9.17) is 4.52 Å². The second-order valence-corrected chi connectivity index (χ2v) is 5.98. The molecule has 3 aromatic carbocycles. The summed E-state index contributed by atoms with van der Waals surface area (Å²) < 4.78 is 5.48. The molecular formula is C21H13N3O2. The van der Waals surface area contributed by atoms with Gasteiger partial charge in [-0.15, -0.1) is 0 Å². The molecule has 0 saturated carbocycles. The fourth-order valence-electron chi connectivity index (χ4n) is 3.20. The monoisotopic (exact) mass is 339 g/mol. The molecule has 0 aliphatic carbocycles. The van der Waals surface area contributed by atoms with Crippen molar-refractivity contribution in [2.24, 2.45) is 0 Å². The van der Waals surface area contributed by atoms with Gasteiger partial charge in [0.05, 0.1) is 5.56 Å². The number of nitrogens with zero attached hydrogens (tertiary/aromatic N) is 3. The van der Waals surface area contributed by atoms with Gasteiger partial charge in [-0.3, -0.25) is 4.98 Å². The lowest BCUT2D eigenvalue weighted by Gasteiger charge is -2.04. The third-order valence-electron chi connectivity index (χ3n) is 4.43. The highest BCUT2D eigenvalue weighted by Crippen LogP contribution is 2.36. The normalized spacial score (nSPS) is 11.2. The predicted octanol–water partition coefficient (Wildman–Crippen LogP) is 4.81. The quantitative estimate of drug-likeness (QED) is 0.500. The van der Waals surface area contributed by atoms with Gasteiger partial charge in [-0.05, 0) is 28.3 Å². The first-order valence-corrected chi connectivity index (χ1v) is 8.20. The summed E-state index contributed by atoms with van der Waals surface area (Å²) in [5, 5.41) is 18.3. The van der Waals surface area contributed by atoms with E-state index in [2.05, 4.69) is 15.1 Å². The molecule has 0 fully saturated rings. The Morgan fingerprint density at radius 3 is 2.35 bits per heavy atom. The van der Waals surface area contributed by atoms with E-state index in [1.165, 1.54) is 0 Å². The maximum Gasteiger partial charge on any atom is 0.262 e. The van der Waals surface area contributed by atoms with E-state index < -0.39 is 0 Å². The third-order valence-corrected chi connectivity index (χ3v) is 4.43. The average Bonchev–Trinajstić information content (AvgIpc) is 3.17. The molecule has 5 nitrogen and oxygen atoms in total. The van der Waals surface area contributed by atoms with Gasteiger partial charge in [0.25, 0.3) is 5.89 Å². The second kappa shape index (κ2) is 5.67. The second-order valence-electron chi connectivity index (χ2n) is 5.98. The molecule has 0 aliphatic rings. The van der Waals surface area contributed by atoms with Gasteiger partial charge in [-0.25, -0.2) is 0 Å². The van der Waals surface area contributed by atoms with Crippen LogP contribution in [-0.4, -0.2) is 20.2 Å². The fourth-order valence-corrected chi connectivity index (χ4v) is 3.20. The van der Waals surface area contributed by atoms with Crippen molar-refractivity contribution in [2.75, 3.05) is 0 Å². The third kappa shape index (κ3) is 2.22. The highest BCUT2D eigenvalue weighted by atomic mass is 16.5. The van der Waals surface area contributed by atoms with Crippen LogP contribution in [0.5, 0.6) is 5.75 Å². The molecule has 0 bridgehead atoms. The number of phenolic OH excluding ortho intramolecular Hbond substituents is 1. The van der Waals surface area contributed by atoms with Gasteiger partial charge in [0, 0.05) is 11.6 Å². The molecule has 0 atom stereocenters. The molecule has 5 aromatic rings. The number of fused-ring (bicyclic) bond motifs is 2. The van der Waals surface area contributed by atoms with Crippen molar-refractivity contribution in [3.8, 4) is 28.7 Å². The molecule has 26 heavy (non-hydrogen) atoms. The Kier molecular flexibility index (Phi) is 3.18. The number of aromatic nitrogens is 3. The highest BCUT2D eigenvalue weighted by Gasteiger charge is 2.18. The molecule has 0 radical (unpaired) electrons. The predicted molar refractivity (Wildman–Crippen MR) is 99.6 cm³/mol. The Morgan fingerprint density at radius 1 is 0.769 bits per heavy atom. The van der Waals surface area contributed by atoms with Crippen LogP contribution in [0.25, 0.3) is 44.5 Å². The van der Waals surface area contributed by atoms with Crippen molar-refractivity contribution < 1.29 is 9.63 Å². The molecule has 124 valence electrons. The van der Waals surface area contributed by atoms with Gasteiger partial charge < -0.3 is 9.63 Å². The van der Waals surface area contributed by atoms with Gasteiger partial charge in [0.15, 0.2) is 0 Å². The maximum absolute atomic E-state index is 10.4. The van der Waals surface area contributed by atoms with Crippen LogP contribution in [0.3, 0.4) is 0 Å². The van der Waals surface area contributed by atoms with Gasteiger partial charge >= 0.3 is 0 Å². The lowest BCUT2D eigenvalue weighted by atomic mass is 10.0. The molecule has 0 unspecified atom stereocenters. The first-order valence-electron chi connectivity index (χ1n) is 8.20. The molecular weight excluding hydrogens is 326 g/mol. The van der Waals surface area contributed by atoms with E-state index in [1.54, 1.807) is 12.3 Å². The largest absolute Gasteiger partial charge is 0.507 e. The summed E-state index contributed by atoms with van der Waals surface area (Å²) in [7, 11) is 0. The van der Waals surface area contributed by atoms with Crippen LogP contribution in [0.15, 0.2) is 77.4 Å². The highest BCUT2D eigenvalue weighted by molar-refractivity contribution is 5.98. The van der Waals surface area contributed by atoms with E-state index in [0.717, 1.165) is 21.5 Å². The van der Waals surface area contributed by atoms with Crippen molar-refractivity contribution in [1.29, 1.82) is 0 Å². The Balaban J connectivity index is 1.71. The van der Waals surface area contributed by atoms with Gasteiger partial charge in [0.1, 0.15) is 11.4 Å². The van der Waals surface area contributed by atoms with Gasteiger partial charge in [0.2, 0.25) is 5.82 Å². The maximum atomic E-state index is 10.4. The van der Waals surface area contributed by atoms with E-state index in [9.17, 15) is 5.11 Å². The van der Waals surface area contributed by atoms with Crippen LogP contribution in [0.1, 0.15) is 0 Å². The molecule has 0 spiro atoms. The van der Waals surface area contributed by atoms with Crippen molar-refractivity contribution >= 4 is 21.5 Å². The van der Waals surface area contributed by atoms with Crippen LogP contribution in [-0.2, 0) is 0 Å². The summed E-state index contributed by atoms with van der Waals surface area (Å²) in [5.74, 6) is 0.762. The minimum Gasteiger partial charge on any atom is -0.507 e. The van der Waals surface area contributed by atoms with E-state index in [-0.39, 0.29) is 11.6 Å². The molecule has 2 heterocycles. The summed E-state index contributed by atoms with van der Waals surface area (Å²) in [6, 6.07) is 21.1. The van der Waals surface area contributed by atoms with E-state index in [0.29, 0.717) is 17.1 Å².